The lowest BCUT2D eigenvalue weighted by atomic mass is 10.0. The molecule has 9 heterocycles. The molecule has 8 aromatic carbocycles. The predicted molar refractivity (Wildman–Crippen MR) is 491 cm³/mol. The summed E-state index contributed by atoms with van der Waals surface area (Å²) in [4.78, 5) is 67.7. The van der Waals surface area contributed by atoms with Crippen LogP contribution in [0.3, 0.4) is 0 Å². The first-order valence-corrected chi connectivity index (χ1v) is 43.9. The zero-order chi connectivity index (χ0) is 82.6. The molecule has 2 atom stereocenters. The third-order valence-corrected chi connectivity index (χ3v) is 23.9. The number of piperidine rings is 2. The lowest BCUT2D eigenvalue weighted by molar-refractivity contribution is -0.880. The number of ketones is 1. The van der Waals surface area contributed by atoms with Crippen LogP contribution in [0.25, 0.3) is 38.3 Å². The first-order valence-electron chi connectivity index (χ1n) is 40.7. The van der Waals surface area contributed by atoms with Crippen molar-refractivity contribution in [2.24, 2.45) is 41.5 Å². The number of rotatable bonds is 23. The molecule has 0 amide bonds. The number of nitrogens with zero attached hydrogens (tertiary/aromatic N) is 10. The van der Waals surface area contributed by atoms with Crippen LogP contribution in [0, 0.1) is 5.92 Å². The fourth-order valence-electron chi connectivity index (χ4n) is 16.1. The maximum Gasteiger partial charge on any atom is 0.199 e. The lowest BCUT2D eigenvalue weighted by Gasteiger charge is -2.30. The smallest absolute Gasteiger partial charge is 0.199 e. The molecule has 6 aliphatic heterocycles. The van der Waals surface area contributed by atoms with Gasteiger partial charge in [0, 0.05) is 111 Å². The number of oxime groups is 4. The van der Waals surface area contributed by atoms with E-state index in [0.29, 0.717) is 95.1 Å². The zero-order valence-corrected chi connectivity index (χ0v) is 73.5. The maximum atomic E-state index is 12.9. The molecule has 2 saturated heterocycles. The molecule has 11 aromatic rings. The molecule has 7 aliphatic rings. The Morgan fingerprint density at radius 2 is 0.941 bits per heavy atom. The van der Waals surface area contributed by atoms with Crippen molar-refractivity contribution < 1.29 is 44.4 Å². The molecule has 23 nitrogen and oxygen atoms in total. The van der Waals surface area contributed by atoms with Crippen LogP contribution in [0.5, 0.6) is 17.6 Å². The van der Waals surface area contributed by atoms with Crippen molar-refractivity contribution in [1.29, 1.82) is 0 Å². The number of H-pyrrole nitrogens is 3. The molecule has 0 spiro atoms. The minimum absolute atomic E-state index is 0.0695. The number of hydrogen-bond donors (Lipinski definition) is 8. The molecule has 1 aliphatic carbocycles. The Morgan fingerprint density at radius 3 is 1.45 bits per heavy atom. The number of anilines is 1. The van der Waals surface area contributed by atoms with Crippen LogP contribution in [-0.2, 0) is 30.6 Å². The Morgan fingerprint density at radius 1 is 0.496 bits per heavy atom. The number of aromatic hydroxyl groups is 3. The molecule has 119 heavy (non-hydrogen) atoms. The highest BCUT2D eigenvalue weighted by Gasteiger charge is 2.37. The summed E-state index contributed by atoms with van der Waals surface area (Å²) in [6.07, 6.45) is 9.06. The number of allylic oxidation sites excluding steroid dienone is 2. The standard InChI is InChI=1S/C24H25BrN4O2.C24H24BrN3O2.2C22H23BrN4O2/c1-15-5-4-10-29(14-15)11-12-31-28-22-17-6-2-3-7-19(17)26-23(22)21-18-13-16(25)8-9-20(18)27-24(21)30;25-17-9-8-16-14-21(29)22(19(16)15-17)24-23(18-6-2-3-7-20(18)26-24)27-30-13-12-28-10-4-1-5-11-28;2*1-3-10-27(2)11-12-29-26-20-15-6-4-5-7-17(15)24-21(20)19-16-13-14(23)8-9-18(16)25-22(19)28/h2-3,6-9,13,15,27,30H,4-5,10-12,14H2,1H3;2-3,6-9,15,26H,1,4-5,10-14H2;2*4-9,13,25,28H,3,10-12H2,1-2H3/p+1/b28-22+;24-22-,27-23+;2*26-20+. The number of aliphatic imine (C=N–C) groups is 3. The van der Waals surface area contributed by atoms with Crippen LogP contribution >= 0.6 is 63.7 Å². The number of likely N-dealkylation sites (N-methyl/N-ethyl adjacent to an activating group) is 2. The average molecular weight is 1860 g/mol. The van der Waals surface area contributed by atoms with Crippen molar-refractivity contribution in [2.45, 2.75) is 72.1 Å². The number of carbonyl (C=O) groups is 1. The topological polar surface area (TPSA) is 275 Å². The monoisotopic (exact) mass is 1850 g/mol. The van der Waals surface area contributed by atoms with E-state index in [1.54, 1.807) is 0 Å². The Hall–Kier alpha value is -10.4. The van der Waals surface area contributed by atoms with Gasteiger partial charge in [-0.3, -0.25) is 14.6 Å². The number of carbonyl (C=O) groups excluding carboxylic acids is 1. The molecule has 3 aromatic heterocycles. The van der Waals surface area contributed by atoms with Gasteiger partial charge in [0.05, 0.1) is 58.6 Å². The Bertz CT molecular complexity index is 5680. The van der Waals surface area contributed by atoms with Gasteiger partial charge in [0.2, 0.25) is 0 Å². The third-order valence-electron chi connectivity index (χ3n) is 22.0. The third kappa shape index (κ3) is 19.3. The summed E-state index contributed by atoms with van der Waals surface area (Å²) in [5.74, 6) is 1.07. The van der Waals surface area contributed by atoms with Gasteiger partial charge in [-0.05, 0) is 180 Å². The Labute approximate surface area is 725 Å². The number of benzene rings is 8. The van der Waals surface area contributed by atoms with Gasteiger partial charge in [0.25, 0.3) is 0 Å². The van der Waals surface area contributed by atoms with Crippen LogP contribution in [0.15, 0.2) is 229 Å². The van der Waals surface area contributed by atoms with E-state index in [0.717, 1.165) is 197 Å². The predicted octanol–water partition coefficient (Wildman–Crippen LogP) is 18.1. The van der Waals surface area contributed by atoms with Crippen LogP contribution in [0.4, 0.5) is 22.7 Å². The average Bonchev–Trinajstić information content (AvgIpc) is 1.62. The number of likely N-dealkylation sites (tertiary alicyclic amines) is 2. The molecule has 0 radical (unpaired) electrons. The number of hydrogen-bond acceptors (Lipinski definition) is 19. The highest BCUT2D eigenvalue weighted by Crippen LogP contribution is 2.43. The molecule has 2 unspecified atom stereocenters. The number of quaternary nitrogens is 1. The van der Waals surface area contributed by atoms with Crippen molar-refractivity contribution >= 4 is 171 Å². The van der Waals surface area contributed by atoms with Crippen LogP contribution in [0.2, 0.25) is 0 Å². The first-order chi connectivity index (χ1) is 58.0. The SMILES string of the molecule is CC1CCCN(CCO/N=C2/C(c3c(O)[nH]c4ccc(Br)cc34)=Nc3ccccc32)C1.CCCN(C)CCO/N=C1/C(c2c(O)[nH]c3ccc(Br)cc23)=Nc2ccccc21.CCC[NH+](C)CCO/N=C1/C(c2c(O)[nH]c3ccc(Br)cc23)=Nc2ccccc21.O=C1Cc2ccc(Br)cc2/C1=C1/Nc2ccccc2/C1=N\OCCN1CCCCC1. The van der Waals surface area contributed by atoms with Gasteiger partial charge in [-0.2, -0.15) is 0 Å². The molecule has 18 rings (SSSR count). The zero-order valence-electron chi connectivity index (χ0n) is 67.2. The summed E-state index contributed by atoms with van der Waals surface area (Å²) >= 11 is 14.1. The van der Waals surface area contributed by atoms with E-state index in [1.807, 2.05) is 170 Å². The number of Topliss-reactive ketones (excluding diaryl/α,β-unsaturated/α-hetero) is 1. The maximum absolute atomic E-state index is 12.9. The summed E-state index contributed by atoms with van der Waals surface area (Å²) in [7, 11) is 4.22. The summed E-state index contributed by atoms with van der Waals surface area (Å²) in [5, 5.41) is 55.9. The van der Waals surface area contributed by atoms with Crippen molar-refractivity contribution in [3.05, 3.63) is 244 Å². The molecule has 8 N–H and O–H groups in total. The van der Waals surface area contributed by atoms with Gasteiger partial charge in [0.15, 0.2) is 30.0 Å². The summed E-state index contributed by atoms with van der Waals surface area (Å²) in [6.45, 7) is 18.8. The number of aromatic amines is 3. The van der Waals surface area contributed by atoms with Crippen molar-refractivity contribution in [1.82, 2.24) is 29.7 Å². The summed E-state index contributed by atoms with van der Waals surface area (Å²) in [6, 6.07) is 55.0. The second-order valence-corrected chi connectivity index (χ2v) is 34.3. The fraction of sp³-hybridized carbons (Fsp3) is 0.304. The quantitative estimate of drug-likeness (QED) is 0.0169. The molecule has 2 fully saturated rings. The van der Waals surface area contributed by atoms with Gasteiger partial charge in [0.1, 0.15) is 66.3 Å². The molecular formula is C92H96Br4N15O8+. The van der Waals surface area contributed by atoms with Crippen LogP contribution < -0.4 is 10.2 Å². The molecule has 614 valence electrons. The highest BCUT2D eigenvalue weighted by atomic mass is 79.9. The minimum atomic E-state index is 0.0695. The number of nitrogens with one attached hydrogen (secondary N) is 5. The molecule has 0 bridgehead atoms. The second-order valence-electron chi connectivity index (χ2n) is 30.7. The highest BCUT2D eigenvalue weighted by molar-refractivity contribution is 9.11. The number of aromatic nitrogens is 3. The van der Waals surface area contributed by atoms with E-state index in [-0.39, 0.29) is 23.4 Å². The van der Waals surface area contributed by atoms with E-state index < -0.39 is 0 Å². The van der Waals surface area contributed by atoms with Crippen molar-refractivity contribution in [3.63, 3.8) is 0 Å². The summed E-state index contributed by atoms with van der Waals surface area (Å²) < 4.78 is 3.75. The Balaban J connectivity index is 0.000000124. The van der Waals surface area contributed by atoms with Gasteiger partial charge in [-0.15, -0.1) is 0 Å². The van der Waals surface area contributed by atoms with Gasteiger partial charge in [-0.25, -0.2) is 15.0 Å². The molecular weight excluding hydrogens is 1760 g/mol. The second kappa shape index (κ2) is 38.8. The van der Waals surface area contributed by atoms with E-state index >= 15 is 0 Å². The van der Waals surface area contributed by atoms with Crippen LogP contribution in [-0.4, -0.2) is 197 Å². The number of para-hydroxylation sites is 4. The van der Waals surface area contributed by atoms with E-state index in [1.165, 1.54) is 37.0 Å². The van der Waals surface area contributed by atoms with Gasteiger partial charge >= 0.3 is 0 Å². The largest absolute Gasteiger partial charge is 0.494 e. The van der Waals surface area contributed by atoms with E-state index in [9.17, 15) is 20.1 Å². The number of halogens is 4. The van der Waals surface area contributed by atoms with Crippen molar-refractivity contribution in [2.75, 3.05) is 111 Å². The fourth-order valence-corrected chi connectivity index (χ4v) is 17.6. The lowest BCUT2D eigenvalue weighted by Crippen LogP contribution is -3.09. The number of fused-ring (bicyclic) bond motifs is 8. The van der Waals surface area contributed by atoms with E-state index in [2.05, 4.69) is 154 Å². The summed E-state index contributed by atoms with van der Waals surface area (Å²) in [5.41, 5.74) is 19.4. The van der Waals surface area contributed by atoms with E-state index in [4.69, 9.17) is 34.3 Å². The minimum Gasteiger partial charge on any atom is -0.494 e. The van der Waals surface area contributed by atoms with Gasteiger partial charge in [-0.1, -0.05) is 190 Å². The molecule has 0 saturated carbocycles. The normalized spacial score (nSPS) is 18.2. The molecule has 27 heteroatoms. The first kappa shape index (κ1) is 83.7. The van der Waals surface area contributed by atoms with Gasteiger partial charge < -0.3 is 64.7 Å². The Kier molecular flexibility index (Phi) is 27.3. The van der Waals surface area contributed by atoms with Crippen LogP contribution in [0.1, 0.15) is 116 Å². The van der Waals surface area contributed by atoms with Crippen molar-refractivity contribution in [3.8, 4) is 17.6 Å².